The number of nitrogens with zero attached hydrogens (tertiary/aromatic N) is 4. The minimum atomic E-state index is -0.290. The van der Waals surface area contributed by atoms with Gasteiger partial charge in [0.05, 0.1) is 36.6 Å². The van der Waals surface area contributed by atoms with E-state index in [1.54, 1.807) is 0 Å². The normalized spacial score (nSPS) is 23.2. The predicted octanol–water partition coefficient (Wildman–Crippen LogP) is 3.59. The van der Waals surface area contributed by atoms with Gasteiger partial charge < -0.3 is 19.3 Å². The van der Waals surface area contributed by atoms with Gasteiger partial charge in [0.15, 0.2) is 0 Å². The van der Waals surface area contributed by atoms with Gasteiger partial charge in [-0.3, -0.25) is 0 Å². The summed E-state index contributed by atoms with van der Waals surface area (Å²) in [5.41, 5.74) is 3.75. The highest BCUT2D eigenvalue weighted by molar-refractivity contribution is 5.69. The summed E-state index contributed by atoms with van der Waals surface area (Å²) in [5, 5.41) is 10.1. The van der Waals surface area contributed by atoms with E-state index in [9.17, 15) is 10.1 Å². The first-order chi connectivity index (χ1) is 14.3. The minimum Gasteiger partial charge on any atom is -0.453 e. The van der Waals surface area contributed by atoms with Crippen LogP contribution in [0.3, 0.4) is 0 Å². The molecule has 0 radical (unpaired) electrons. The monoisotopic (exact) mass is 412 g/mol. The van der Waals surface area contributed by atoms with Crippen molar-refractivity contribution in [3.63, 3.8) is 0 Å². The van der Waals surface area contributed by atoms with Gasteiger partial charge in [0.2, 0.25) is 0 Å². The van der Waals surface area contributed by atoms with E-state index >= 15 is 0 Å². The van der Waals surface area contributed by atoms with Gasteiger partial charge in [-0.05, 0) is 38.2 Å². The third-order valence-electron chi connectivity index (χ3n) is 6.61. The molecule has 7 nitrogen and oxygen atoms in total. The summed E-state index contributed by atoms with van der Waals surface area (Å²) in [5.74, 6) is 1.53. The van der Waals surface area contributed by atoms with E-state index in [4.69, 9.17) is 14.5 Å². The second-order valence-corrected chi connectivity index (χ2v) is 9.68. The topological polar surface area (TPSA) is 78.7 Å². The van der Waals surface area contributed by atoms with E-state index in [0.29, 0.717) is 37.7 Å². The van der Waals surface area contributed by atoms with Gasteiger partial charge in [-0.2, -0.15) is 5.26 Å². The van der Waals surface area contributed by atoms with Crippen LogP contribution in [0, 0.1) is 17.2 Å². The fraction of sp³-hybridized carbons (Fsp3) is 0.696. The standard InChI is InChI=1S/C23H32N4O3/c1-14(2)19-12-26(8-9-27(19)22(28)29-5)21-17(11-24)16-10-23(3,4)30-13-18(16)20(25-21)15-6-7-15/h14-15,19H,6-10,12-13H2,1-5H3. The number of hydrogen-bond donors (Lipinski definition) is 0. The number of aromatic nitrogens is 1. The lowest BCUT2D eigenvalue weighted by atomic mass is 9.87. The molecule has 1 saturated heterocycles. The first kappa shape index (κ1) is 20.9. The fourth-order valence-electron chi connectivity index (χ4n) is 4.74. The molecular weight excluding hydrogens is 380 g/mol. The molecule has 4 rings (SSSR count). The van der Waals surface area contributed by atoms with Gasteiger partial charge in [-0.25, -0.2) is 9.78 Å². The number of ether oxygens (including phenoxy) is 2. The molecule has 0 bridgehead atoms. The summed E-state index contributed by atoms with van der Waals surface area (Å²) in [6.45, 7) is 10.8. The highest BCUT2D eigenvalue weighted by Gasteiger charge is 2.39. The summed E-state index contributed by atoms with van der Waals surface area (Å²) in [4.78, 5) is 21.3. The van der Waals surface area contributed by atoms with E-state index in [2.05, 4.69) is 38.7 Å². The Morgan fingerprint density at radius 2 is 2.03 bits per heavy atom. The van der Waals surface area contributed by atoms with Gasteiger partial charge in [-0.1, -0.05) is 13.8 Å². The molecule has 162 valence electrons. The lowest BCUT2D eigenvalue weighted by Crippen LogP contribution is -2.57. The molecule has 3 aliphatic rings. The summed E-state index contributed by atoms with van der Waals surface area (Å²) >= 11 is 0. The number of hydrogen-bond acceptors (Lipinski definition) is 6. The minimum absolute atomic E-state index is 0.0136. The van der Waals surface area contributed by atoms with Gasteiger partial charge >= 0.3 is 6.09 Å². The fourth-order valence-corrected chi connectivity index (χ4v) is 4.74. The van der Waals surface area contributed by atoms with Crippen molar-refractivity contribution in [2.45, 2.75) is 71.1 Å². The Morgan fingerprint density at radius 1 is 1.30 bits per heavy atom. The molecule has 2 fully saturated rings. The molecule has 1 unspecified atom stereocenters. The molecule has 1 atom stereocenters. The smallest absolute Gasteiger partial charge is 0.409 e. The second-order valence-electron chi connectivity index (χ2n) is 9.68. The molecular formula is C23H32N4O3. The Hall–Kier alpha value is -2.33. The molecule has 1 aliphatic carbocycles. The summed E-state index contributed by atoms with van der Waals surface area (Å²) in [6.07, 6.45) is 2.73. The Kier molecular flexibility index (Phi) is 5.39. The molecule has 2 aliphatic heterocycles. The average Bonchev–Trinajstić information content (AvgIpc) is 3.56. The number of rotatable bonds is 3. The number of carbonyl (C=O) groups is 1. The van der Waals surface area contributed by atoms with Crippen molar-refractivity contribution in [1.29, 1.82) is 5.26 Å². The second kappa shape index (κ2) is 7.73. The largest absolute Gasteiger partial charge is 0.453 e. The quantitative estimate of drug-likeness (QED) is 0.755. The zero-order chi connectivity index (χ0) is 21.6. The van der Waals surface area contributed by atoms with Gasteiger partial charge in [0.1, 0.15) is 11.9 Å². The molecule has 0 aromatic carbocycles. The molecule has 1 aromatic rings. The van der Waals surface area contributed by atoms with Crippen molar-refractivity contribution < 1.29 is 14.3 Å². The Balaban J connectivity index is 1.75. The van der Waals surface area contributed by atoms with Crippen LogP contribution in [0.1, 0.15) is 68.8 Å². The number of fused-ring (bicyclic) bond motifs is 1. The first-order valence-electron chi connectivity index (χ1n) is 10.9. The van der Waals surface area contributed by atoms with Crippen LogP contribution in [0.2, 0.25) is 0 Å². The molecule has 0 N–H and O–H groups in total. The SMILES string of the molecule is COC(=O)N1CCN(c2nc(C3CC3)c3c(c2C#N)CC(C)(C)OC3)CC1C(C)C. The van der Waals surface area contributed by atoms with Crippen LogP contribution in [0.25, 0.3) is 0 Å². The van der Waals surface area contributed by atoms with Crippen LogP contribution in [-0.4, -0.2) is 54.4 Å². The van der Waals surface area contributed by atoms with Crippen molar-refractivity contribution in [2.75, 3.05) is 31.6 Å². The van der Waals surface area contributed by atoms with Crippen LogP contribution >= 0.6 is 0 Å². The van der Waals surface area contributed by atoms with Crippen LogP contribution in [-0.2, 0) is 22.5 Å². The van der Waals surface area contributed by atoms with Crippen molar-refractivity contribution >= 4 is 11.9 Å². The molecule has 30 heavy (non-hydrogen) atoms. The van der Waals surface area contributed by atoms with Crippen molar-refractivity contribution in [1.82, 2.24) is 9.88 Å². The number of amides is 1. The Bertz CT molecular complexity index is 885. The zero-order valence-corrected chi connectivity index (χ0v) is 18.7. The third kappa shape index (κ3) is 3.74. The van der Waals surface area contributed by atoms with E-state index in [1.165, 1.54) is 7.11 Å². The van der Waals surface area contributed by atoms with Crippen molar-refractivity contribution in [3.8, 4) is 6.07 Å². The number of anilines is 1. The van der Waals surface area contributed by atoms with Crippen LogP contribution < -0.4 is 4.90 Å². The molecule has 1 aromatic heterocycles. The maximum Gasteiger partial charge on any atom is 0.409 e. The maximum absolute atomic E-state index is 12.3. The number of piperazine rings is 1. The zero-order valence-electron chi connectivity index (χ0n) is 18.7. The maximum atomic E-state index is 12.3. The van der Waals surface area contributed by atoms with Gasteiger partial charge in [-0.15, -0.1) is 0 Å². The van der Waals surface area contributed by atoms with E-state index < -0.39 is 0 Å². The highest BCUT2D eigenvalue weighted by atomic mass is 16.5. The lowest BCUT2D eigenvalue weighted by Gasteiger charge is -2.43. The summed E-state index contributed by atoms with van der Waals surface area (Å²) in [6, 6.07) is 2.48. The third-order valence-corrected chi connectivity index (χ3v) is 6.61. The van der Waals surface area contributed by atoms with E-state index in [1.807, 2.05) is 4.90 Å². The van der Waals surface area contributed by atoms with Gasteiger partial charge in [0, 0.05) is 37.5 Å². The number of pyridine rings is 1. The Morgan fingerprint density at radius 3 is 2.63 bits per heavy atom. The molecule has 7 heteroatoms. The molecule has 0 spiro atoms. The molecule has 1 amide bonds. The number of nitriles is 1. The van der Waals surface area contributed by atoms with Crippen LogP contribution in [0.4, 0.5) is 10.6 Å². The van der Waals surface area contributed by atoms with Crippen molar-refractivity contribution in [3.05, 3.63) is 22.4 Å². The van der Waals surface area contributed by atoms with Crippen molar-refractivity contribution in [2.24, 2.45) is 5.92 Å². The highest BCUT2D eigenvalue weighted by Crippen LogP contribution is 2.45. The summed E-state index contributed by atoms with van der Waals surface area (Å²) < 4.78 is 11.1. The van der Waals surface area contributed by atoms with Gasteiger partial charge in [0.25, 0.3) is 0 Å². The van der Waals surface area contributed by atoms with Crippen LogP contribution in [0.15, 0.2) is 0 Å². The van der Waals surface area contributed by atoms with E-state index in [0.717, 1.165) is 41.9 Å². The first-order valence-corrected chi connectivity index (χ1v) is 10.9. The number of methoxy groups -OCH3 is 1. The molecule has 1 saturated carbocycles. The summed E-state index contributed by atoms with van der Waals surface area (Å²) in [7, 11) is 1.43. The van der Waals surface area contributed by atoms with Crippen LogP contribution in [0.5, 0.6) is 0 Å². The lowest BCUT2D eigenvalue weighted by molar-refractivity contribution is -0.0407. The van der Waals surface area contributed by atoms with E-state index in [-0.39, 0.29) is 23.7 Å². The Labute approximate surface area is 179 Å². The molecule has 3 heterocycles. The predicted molar refractivity (Wildman–Crippen MR) is 113 cm³/mol. The average molecular weight is 413 g/mol. The number of carbonyl (C=O) groups excluding carboxylic acids is 1.